The van der Waals surface area contributed by atoms with E-state index >= 15 is 0 Å². The van der Waals surface area contributed by atoms with E-state index in [1.54, 1.807) is 0 Å². The van der Waals surface area contributed by atoms with E-state index in [-0.39, 0.29) is 22.5 Å². The molecule has 2 rings (SSSR count). The van der Waals surface area contributed by atoms with Gasteiger partial charge in [0.1, 0.15) is 5.58 Å². The van der Waals surface area contributed by atoms with Crippen LogP contribution >= 0.6 is 0 Å². The number of carbonyl (C=O) groups excluding carboxylic acids is 1. The number of nitrogens with zero attached hydrogens (tertiary/aromatic N) is 2. The summed E-state index contributed by atoms with van der Waals surface area (Å²) < 4.78 is 5.05. The number of hydrogen-bond acceptors (Lipinski definition) is 6. The summed E-state index contributed by atoms with van der Waals surface area (Å²) in [6, 6.07) is 4.37. The van der Waals surface area contributed by atoms with Crippen LogP contribution in [0.1, 0.15) is 12.5 Å². The molecule has 2 amide bonds. The van der Waals surface area contributed by atoms with E-state index in [1.807, 2.05) is 5.43 Å². The van der Waals surface area contributed by atoms with Gasteiger partial charge in [-0.05, 0) is 19.1 Å². The molecule has 1 aromatic carbocycles. The number of fused-ring (bicyclic) bond motifs is 1. The zero-order valence-electron chi connectivity index (χ0n) is 10.8. The Morgan fingerprint density at radius 1 is 1.43 bits per heavy atom. The lowest BCUT2D eigenvalue weighted by molar-refractivity contribution is -0.384. The molecule has 0 bridgehead atoms. The second-order valence-corrected chi connectivity index (χ2v) is 4.10. The van der Waals surface area contributed by atoms with Gasteiger partial charge in [0.25, 0.3) is 5.69 Å². The molecule has 0 atom stereocenters. The van der Waals surface area contributed by atoms with E-state index in [0.717, 1.165) is 0 Å². The minimum atomic E-state index is -0.879. The van der Waals surface area contributed by atoms with Gasteiger partial charge in [-0.25, -0.2) is 15.0 Å². The standard InChI is InChI=1S/C12H10N4O5/c1-6(14-15-12(13)18)9-5-7-4-8(16(19)20)2-3-10(7)21-11(9)17/h2-5H,1H3,(H3,13,15,18). The van der Waals surface area contributed by atoms with Crippen molar-refractivity contribution in [3.63, 3.8) is 0 Å². The Balaban J connectivity index is 2.57. The minimum absolute atomic E-state index is 0.0664. The maximum atomic E-state index is 11.8. The fourth-order valence-corrected chi connectivity index (χ4v) is 1.68. The van der Waals surface area contributed by atoms with Crippen LogP contribution < -0.4 is 16.8 Å². The normalized spacial score (nSPS) is 11.4. The monoisotopic (exact) mass is 290 g/mol. The Labute approximate surface area is 117 Å². The topological polar surface area (TPSA) is 141 Å². The largest absolute Gasteiger partial charge is 0.422 e. The molecular formula is C12H10N4O5. The predicted octanol–water partition coefficient (Wildman–Crippen LogP) is 1.09. The van der Waals surface area contributed by atoms with E-state index in [2.05, 4.69) is 5.10 Å². The molecule has 0 unspecified atom stereocenters. The molecule has 0 saturated heterocycles. The number of amides is 2. The summed E-state index contributed by atoms with van der Waals surface area (Å²) in [5.74, 6) is 0. The average molecular weight is 290 g/mol. The first kappa shape index (κ1) is 14.2. The highest BCUT2D eigenvalue weighted by molar-refractivity contribution is 6.01. The Bertz CT molecular complexity index is 824. The molecule has 0 radical (unpaired) electrons. The first-order valence-corrected chi connectivity index (χ1v) is 5.71. The number of rotatable bonds is 3. The third kappa shape index (κ3) is 3.03. The van der Waals surface area contributed by atoms with Crippen LogP contribution in [0.15, 0.2) is 38.6 Å². The smallest absolute Gasteiger partial charge is 0.345 e. The summed E-state index contributed by atoms with van der Waals surface area (Å²) in [7, 11) is 0. The molecule has 0 saturated carbocycles. The fourth-order valence-electron chi connectivity index (χ4n) is 1.68. The first-order chi connectivity index (χ1) is 9.88. The molecule has 1 heterocycles. The van der Waals surface area contributed by atoms with Crippen molar-refractivity contribution in [2.75, 3.05) is 0 Å². The molecular weight excluding hydrogens is 280 g/mol. The number of hydrazone groups is 1. The second kappa shape index (κ2) is 5.41. The average Bonchev–Trinajstić information content (AvgIpc) is 2.43. The predicted molar refractivity (Wildman–Crippen MR) is 74.1 cm³/mol. The van der Waals surface area contributed by atoms with Crippen LogP contribution in [0, 0.1) is 10.1 Å². The van der Waals surface area contributed by atoms with Gasteiger partial charge in [0.2, 0.25) is 0 Å². The third-order valence-corrected chi connectivity index (χ3v) is 2.65. The van der Waals surface area contributed by atoms with Gasteiger partial charge in [-0.15, -0.1) is 0 Å². The van der Waals surface area contributed by atoms with Gasteiger partial charge in [-0.1, -0.05) is 0 Å². The number of urea groups is 1. The van der Waals surface area contributed by atoms with Crippen molar-refractivity contribution in [3.8, 4) is 0 Å². The number of nitrogens with two attached hydrogens (primary N) is 1. The van der Waals surface area contributed by atoms with Gasteiger partial charge in [0.05, 0.1) is 16.2 Å². The molecule has 0 aliphatic heterocycles. The van der Waals surface area contributed by atoms with Gasteiger partial charge >= 0.3 is 11.7 Å². The van der Waals surface area contributed by atoms with Gasteiger partial charge in [-0.2, -0.15) is 5.10 Å². The SMILES string of the molecule is CC(=NNC(N)=O)c1cc2cc([N+](=O)[O-])ccc2oc1=O. The van der Waals surface area contributed by atoms with Gasteiger partial charge in [0, 0.05) is 17.5 Å². The summed E-state index contributed by atoms with van der Waals surface area (Å²) in [5.41, 5.74) is 6.49. The van der Waals surface area contributed by atoms with E-state index in [9.17, 15) is 19.7 Å². The van der Waals surface area contributed by atoms with Crippen molar-refractivity contribution >= 4 is 28.4 Å². The lowest BCUT2D eigenvalue weighted by atomic mass is 10.1. The molecule has 1 aromatic heterocycles. The molecule has 2 aromatic rings. The molecule has 9 heteroatoms. The quantitative estimate of drug-likeness (QED) is 0.376. The Morgan fingerprint density at radius 2 is 2.14 bits per heavy atom. The van der Waals surface area contributed by atoms with Crippen LogP contribution in [0.5, 0.6) is 0 Å². The van der Waals surface area contributed by atoms with Crippen LogP contribution in [-0.4, -0.2) is 16.7 Å². The van der Waals surface area contributed by atoms with Gasteiger partial charge in [0.15, 0.2) is 0 Å². The Morgan fingerprint density at radius 3 is 2.76 bits per heavy atom. The lowest BCUT2D eigenvalue weighted by Crippen LogP contribution is -2.26. The summed E-state index contributed by atoms with van der Waals surface area (Å²) in [4.78, 5) is 32.6. The summed E-state index contributed by atoms with van der Waals surface area (Å²) >= 11 is 0. The maximum absolute atomic E-state index is 11.8. The van der Waals surface area contributed by atoms with E-state index in [1.165, 1.54) is 31.2 Å². The number of benzene rings is 1. The second-order valence-electron chi connectivity index (χ2n) is 4.10. The molecule has 0 spiro atoms. The van der Waals surface area contributed by atoms with Crippen LogP contribution in [0.2, 0.25) is 0 Å². The Hall–Kier alpha value is -3.23. The number of hydrogen-bond donors (Lipinski definition) is 2. The van der Waals surface area contributed by atoms with Crippen molar-refractivity contribution in [1.82, 2.24) is 5.43 Å². The van der Waals surface area contributed by atoms with E-state index in [4.69, 9.17) is 10.2 Å². The summed E-state index contributed by atoms with van der Waals surface area (Å²) in [6.07, 6.45) is 0. The highest BCUT2D eigenvalue weighted by Gasteiger charge is 2.12. The van der Waals surface area contributed by atoms with Crippen molar-refractivity contribution < 1.29 is 14.1 Å². The first-order valence-electron chi connectivity index (χ1n) is 5.71. The van der Waals surface area contributed by atoms with E-state index in [0.29, 0.717) is 5.39 Å². The molecule has 21 heavy (non-hydrogen) atoms. The van der Waals surface area contributed by atoms with E-state index < -0.39 is 16.6 Å². The molecule has 0 aliphatic rings. The van der Waals surface area contributed by atoms with Crippen LogP contribution in [-0.2, 0) is 0 Å². The summed E-state index contributed by atoms with van der Waals surface area (Å²) in [5, 5.41) is 14.7. The number of carbonyl (C=O) groups is 1. The fraction of sp³-hybridized carbons (Fsp3) is 0.0833. The number of nitrogens with one attached hydrogen (secondary N) is 1. The number of nitro benzene ring substituents is 1. The number of nitro groups is 1. The van der Waals surface area contributed by atoms with Crippen LogP contribution in [0.25, 0.3) is 11.0 Å². The lowest BCUT2D eigenvalue weighted by Gasteiger charge is -2.02. The van der Waals surface area contributed by atoms with Gasteiger partial charge < -0.3 is 10.2 Å². The summed E-state index contributed by atoms with van der Waals surface area (Å²) in [6.45, 7) is 1.46. The number of primary amides is 1. The molecule has 3 N–H and O–H groups in total. The Kier molecular flexibility index (Phi) is 3.65. The highest BCUT2D eigenvalue weighted by atomic mass is 16.6. The third-order valence-electron chi connectivity index (χ3n) is 2.65. The molecule has 9 nitrogen and oxygen atoms in total. The molecule has 0 fully saturated rings. The maximum Gasteiger partial charge on any atom is 0.345 e. The molecule has 108 valence electrons. The zero-order chi connectivity index (χ0) is 15.6. The highest BCUT2D eigenvalue weighted by Crippen LogP contribution is 2.20. The van der Waals surface area contributed by atoms with Crippen LogP contribution in [0.3, 0.4) is 0 Å². The molecule has 0 aliphatic carbocycles. The van der Waals surface area contributed by atoms with Crippen molar-refractivity contribution in [2.45, 2.75) is 6.92 Å². The number of non-ortho nitro benzene ring substituents is 1. The van der Waals surface area contributed by atoms with Crippen molar-refractivity contribution in [3.05, 3.63) is 50.4 Å². The van der Waals surface area contributed by atoms with Crippen molar-refractivity contribution in [1.29, 1.82) is 0 Å². The van der Waals surface area contributed by atoms with Crippen LogP contribution in [0.4, 0.5) is 10.5 Å². The van der Waals surface area contributed by atoms with Gasteiger partial charge in [-0.3, -0.25) is 10.1 Å². The minimum Gasteiger partial charge on any atom is -0.422 e. The zero-order valence-corrected chi connectivity index (χ0v) is 10.8. The van der Waals surface area contributed by atoms with Crippen molar-refractivity contribution in [2.24, 2.45) is 10.8 Å².